The Morgan fingerprint density at radius 2 is 1.61 bits per heavy atom. The largest absolute Gasteiger partial charge is 0.508 e. The number of phenols is 1. The minimum atomic E-state index is -1.02. The number of ether oxygens (including phenoxy) is 3. The summed E-state index contributed by atoms with van der Waals surface area (Å²) in [6.07, 6.45) is 4.33. The van der Waals surface area contributed by atoms with Crippen molar-refractivity contribution in [3.05, 3.63) is 71.3 Å². The van der Waals surface area contributed by atoms with Crippen LogP contribution in [0.15, 0.2) is 54.6 Å². The molecule has 0 amide bonds. The van der Waals surface area contributed by atoms with Crippen molar-refractivity contribution in [2.45, 2.75) is 12.7 Å². The maximum atomic E-state index is 11.9. The molecule has 8 heteroatoms. The molecule has 2 aromatic rings. The van der Waals surface area contributed by atoms with Crippen molar-refractivity contribution in [2.75, 3.05) is 20.3 Å². The van der Waals surface area contributed by atoms with Gasteiger partial charge in [-0.15, -0.1) is 0 Å². The average Bonchev–Trinajstić information content (AvgIpc) is 2.79. The highest BCUT2D eigenvalue weighted by Gasteiger charge is 2.14. The number of hydrogen-bond acceptors (Lipinski definition) is 8. The number of benzene rings is 2. The summed E-state index contributed by atoms with van der Waals surface area (Å²) < 4.78 is 15.2. The Kier molecular flexibility index (Phi) is 9.28. The zero-order chi connectivity index (χ0) is 22.6. The number of carbonyl (C=O) groups is 2. The van der Waals surface area contributed by atoms with Crippen molar-refractivity contribution >= 4 is 24.1 Å². The van der Waals surface area contributed by atoms with E-state index in [1.165, 1.54) is 43.5 Å². The number of aliphatic hydroxyl groups excluding tert-OH is 2. The highest BCUT2D eigenvalue weighted by Crippen LogP contribution is 2.21. The van der Waals surface area contributed by atoms with Crippen LogP contribution in [0, 0.1) is 0 Å². The van der Waals surface area contributed by atoms with Crippen molar-refractivity contribution in [3.63, 3.8) is 0 Å². The van der Waals surface area contributed by atoms with E-state index < -0.39 is 24.6 Å². The van der Waals surface area contributed by atoms with Crippen molar-refractivity contribution in [1.29, 1.82) is 0 Å². The number of phenolic OH excluding ortho intramolecular Hbond substituents is 1. The molecule has 0 aliphatic heterocycles. The predicted octanol–water partition coefficient (Wildman–Crippen LogP) is 2.07. The highest BCUT2D eigenvalue weighted by atomic mass is 16.6. The van der Waals surface area contributed by atoms with Gasteiger partial charge in [0.1, 0.15) is 18.1 Å². The fourth-order valence-electron chi connectivity index (χ4n) is 2.46. The summed E-state index contributed by atoms with van der Waals surface area (Å²) >= 11 is 0. The molecule has 3 N–H and O–H groups in total. The number of hydrogen-bond donors (Lipinski definition) is 3. The number of aliphatic hydroxyl groups is 2. The molecule has 0 radical (unpaired) electrons. The van der Waals surface area contributed by atoms with Gasteiger partial charge in [0, 0.05) is 17.7 Å². The first-order valence-electron chi connectivity index (χ1n) is 9.36. The fraction of sp³-hybridized carbons (Fsp3) is 0.217. The van der Waals surface area contributed by atoms with E-state index in [1.54, 1.807) is 30.3 Å². The van der Waals surface area contributed by atoms with E-state index in [0.29, 0.717) is 22.4 Å². The Morgan fingerprint density at radius 3 is 2.26 bits per heavy atom. The van der Waals surface area contributed by atoms with Crippen LogP contribution in [-0.4, -0.2) is 53.7 Å². The molecule has 164 valence electrons. The number of methoxy groups -OCH3 is 1. The summed E-state index contributed by atoms with van der Waals surface area (Å²) in [6, 6.07) is 11.2. The molecule has 0 spiro atoms. The number of rotatable bonds is 10. The normalized spacial score (nSPS) is 12.1. The van der Waals surface area contributed by atoms with Crippen LogP contribution < -0.4 is 4.74 Å². The molecule has 2 aromatic carbocycles. The van der Waals surface area contributed by atoms with Gasteiger partial charge >= 0.3 is 11.9 Å². The molecule has 2 rings (SSSR count). The molecule has 0 aliphatic rings. The van der Waals surface area contributed by atoms with E-state index in [2.05, 4.69) is 0 Å². The van der Waals surface area contributed by atoms with Gasteiger partial charge in [0.2, 0.25) is 0 Å². The van der Waals surface area contributed by atoms with Crippen LogP contribution in [0.2, 0.25) is 0 Å². The lowest BCUT2D eigenvalue weighted by Crippen LogP contribution is -2.27. The second-order valence-corrected chi connectivity index (χ2v) is 6.36. The van der Waals surface area contributed by atoms with Gasteiger partial charge in [0.05, 0.1) is 20.3 Å². The minimum absolute atomic E-state index is 0.109. The third kappa shape index (κ3) is 7.96. The van der Waals surface area contributed by atoms with Gasteiger partial charge in [-0.05, 0) is 41.5 Å². The number of esters is 2. The van der Waals surface area contributed by atoms with Crippen molar-refractivity contribution in [1.82, 2.24) is 0 Å². The Balaban J connectivity index is 1.84. The lowest BCUT2D eigenvalue weighted by molar-refractivity contribution is -0.154. The summed E-state index contributed by atoms with van der Waals surface area (Å²) in [7, 11) is 1.48. The number of aromatic hydroxyl groups is 1. The first kappa shape index (κ1) is 23.7. The van der Waals surface area contributed by atoms with Crippen LogP contribution in [-0.2, 0) is 25.7 Å². The standard InChI is InChI=1S/C23H24O8/c1-29-21-12-17(2-7-18(21)13-24)6-10-22(27)30-15-20(14-25)31-23(28)11-5-16-3-8-19(26)9-4-16/h2-12,20,24-26H,13-15H2,1H3/b10-6+,11-5+. The molecular weight excluding hydrogens is 404 g/mol. The van der Waals surface area contributed by atoms with E-state index in [9.17, 15) is 24.9 Å². The first-order chi connectivity index (χ1) is 14.9. The Hall–Kier alpha value is -3.62. The van der Waals surface area contributed by atoms with Crippen molar-refractivity contribution < 1.29 is 39.1 Å². The number of carbonyl (C=O) groups excluding carboxylic acids is 2. The molecule has 31 heavy (non-hydrogen) atoms. The second-order valence-electron chi connectivity index (χ2n) is 6.36. The van der Waals surface area contributed by atoms with Gasteiger partial charge in [0.15, 0.2) is 6.10 Å². The molecule has 0 aromatic heterocycles. The topological polar surface area (TPSA) is 123 Å². The van der Waals surface area contributed by atoms with Crippen molar-refractivity contribution in [3.8, 4) is 11.5 Å². The Morgan fingerprint density at radius 1 is 0.968 bits per heavy atom. The molecule has 0 saturated carbocycles. The summed E-state index contributed by atoms with van der Waals surface area (Å²) in [4.78, 5) is 23.8. The lowest BCUT2D eigenvalue weighted by atomic mass is 10.1. The van der Waals surface area contributed by atoms with Gasteiger partial charge in [-0.2, -0.15) is 0 Å². The summed E-state index contributed by atoms with van der Waals surface area (Å²) in [5.74, 6) is -0.794. The zero-order valence-electron chi connectivity index (χ0n) is 16.9. The van der Waals surface area contributed by atoms with Crippen LogP contribution in [0.5, 0.6) is 11.5 Å². The summed E-state index contributed by atoms with van der Waals surface area (Å²) in [5, 5.41) is 27.8. The molecule has 0 bridgehead atoms. The van der Waals surface area contributed by atoms with Crippen LogP contribution in [0.4, 0.5) is 0 Å². The first-order valence-corrected chi connectivity index (χ1v) is 9.36. The summed E-state index contributed by atoms with van der Waals surface area (Å²) in [5.41, 5.74) is 1.96. The van der Waals surface area contributed by atoms with Crippen LogP contribution in [0.25, 0.3) is 12.2 Å². The Bertz CT molecular complexity index is 931. The monoisotopic (exact) mass is 428 g/mol. The van der Waals surface area contributed by atoms with Gasteiger partial charge in [-0.25, -0.2) is 9.59 Å². The van der Waals surface area contributed by atoms with E-state index in [-0.39, 0.29) is 19.0 Å². The minimum Gasteiger partial charge on any atom is -0.508 e. The van der Waals surface area contributed by atoms with E-state index in [0.717, 1.165) is 0 Å². The maximum absolute atomic E-state index is 11.9. The predicted molar refractivity (Wildman–Crippen MR) is 113 cm³/mol. The smallest absolute Gasteiger partial charge is 0.331 e. The second kappa shape index (κ2) is 12.2. The quantitative estimate of drug-likeness (QED) is 0.388. The molecule has 0 aliphatic carbocycles. The molecule has 1 atom stereocenters. The third-order valence-corrected chi connectivity index (χ3v) is 4.10. The SMILES string of the molecule is COc1cc(/C=C/C(=O)OCC(CO)OC(=O)/C=C/c2ccc(O)cc2)ccc1CO. The molecule has 0 fully saturated rings. The van der Waals surface area contributed by atoms with Gasteiger partial charge < -0.3 is 29.5 Å². The molecule has 0 heterocycles. The lowest BCUT2D eigenvalue weighted by Gasteiger charge is -2.13. The zero-order valence-corrected chi connectivity index (χ0v) is 16.9. The van der Waals surface area contributed by atoms with Crippen LogP contribution >= 0.6 is 0 Å². The van der Waals surface area contributed by atoms with E-state index >= 15 is 0 Å². The molecular formula is C23H24O8. The van der Waals surface area contributed by atoms with Crippen molar-refractivity contribution in [2.24, 2.45) is 0 Å². The van der Waals surface area contributed by atoms with Gasteiger partial charge in [0.25, 0.3) is 0 Å². The third-order valence-electron chi connectivity index (χ3n) is 4.10. The van der Waals surface area contributed by atoms with Gasteiger partial charge in [-0.1, -0.05) is 24.3 Å². The molecule has 1 unspecified atom stereocenters. The van der Waals surface area contributed by atoms with E-state index in [4.69, 9.17) is 14.2 Å². The van der Waals surface area contributed by atoms with Gasteiger partial charge in [-0.3, -0.25) is 0 Å². The summed E-state index contributed by atoms with van der Waals surface area (Å²) in [6.45, 7) is -0.999. The molecule has 8 nitrogen and oxygen atoms in total. The Labute approximate surface area is 179 Å². The van der Waals surface area contributed by atoms with E-state index in [1.807, 2.05) is 0 Å². The highest BCUT2D eigenvalue weighted by molar-refractivity contribution is 5.88. The average molecular weight is 428 g/mol. The molecule has 0 saturated heterocycles. The van der Waals surface area contributed by atoms with Crippen LogP contribution in [0.1, 0.15) is 16.7 Å². The van der Waals surface area contributed by atoms with Crippen LogP contribution in [0.3, 0.4) is 0 Å². The maximum Gasteiger partial charge on any atom is 0.331 e. The fourth-order valence-corrected chi connectivity index (χ4v) is 2.46.